The van der Waals surface area contributed by atoms with Gasteiger partial charge in [-0.15, -0.1) is 0 Å². The van der Waals surface area contributed by atoms with Gasteiger partial charge in [0.05, 0.1) is 0 Å². The fraction of sp³-hybridized carbons (Fsp3) is 0.308. The Balaban J connectivity index is 1.90. The first-order chi connectivity index (χ1) is 9.58. The number of hydrogen-bond donors (Lipinski definition) is 2. The average Bonchev–Trinajstić information content (AvgIpc) is 2.73. The number of thioether (sulfide) groups is 1. The van der Waals surface area contributed by atoms with E-state index in [9.17, 15) is 9.59 Å². The lowest BCUT2D eigenvalue weighted by atomic mass is 10.2. The maximum atomic E-state index is 11.9. The molecule has 1 atom stereocenters. The van der Waals surface area contributed by atoms with Gasteiger partial charge in [-0.1, -0.05) is 27.7 Å². The zero-order chi connectivity index (χ0) is 14.5. The summed E-state index contributed by atoms with van der Waals surface area (Å²) in [6, 6.07) is 7.29. The first kappa shape index (κ1) is 15.1. The van der Waals surface area contributed by atoms with Crippen LogP contribution in [0.4, 0.5) is 5.69 Å². The van der Waals surface area contributed by atoms with Gasteiger partial charge < -0.3 is 10.6 Å². The number of aliphatic imine (C=N–C) groups is 1. The summed E-state index contributed by atoms with van der Waals surface area (Å²) in [6.45, 7) is 2.51. The van der Waals surface area contributed by atoms with E-state index in [1.807, 2.05) is 19.1 Å². The topological polar surface area (TPSA) is 70.6 Å². The van der Waals surface area contributed by atoms with Gasteiger partial charge in [0.2, 0.25) is 11.8 Å². The Hall–Kier alpha value is -1.34. The Morgan fingerprint density at radius 1 is 1.45 bits per heavy atom. The Bertz CT molecular complexity index is 545. The normalized spacial score (nSPS) is 20.0. The highest BCUT2D eigenvalue weighted by Crippen LogP contribution is 2.23. The number of amides is 2. The van der Waals surface area contributed by atoms with Crippen LogP contribution in [0.15, 0.2) is 33.7 Å². The number of benzene rings is 1. The molecule has 1 saturated heterocycles. The average molecular weight is 356 g/mol. The van der Waals surface area contributed by atoms with Crippen molar-refractivity contribution in [3.8, 4) is 0 Å². The van der Waals surface area contributed by atoms with Crippen LogP contribution in [0.5, 0.6) is 0 Å². The first-order valence-corrected chi connectivity index (χ1v) is 7.83. The molecule has 0 radical (unpaired) electrons. The molecule has 2 amide bonds. The van der Waals surface area contributed by atoms with Gasteiger partial charge in [0.25, 0.3) is 0 Å². The second kappa shape index (κ2) is 6.90. The minimum atomic E-state index is -0.407. The quantitative estimate of drug-likeness (QED) is 0.870. The number of carbonyl (C=O) groups excluding carboxylic acids is 2. The minimum Gasteiger partial charge on any atom is -0.326 e. The standard InChI is InChI=1S/C13H14BrN3O2S/c1-2-15-13-17-12(19)10(20-13)7-11(18)16-9-5-3-8(14)4-6-9/h3-6,10H,2,7H2,1H3,(H,16,18)(H,15,17,19)/t10-/m1/s1. The molecule has 0 spiro atoms. The van der Waals surface area contributed by atoms with Gasteiger partial charge in [0.15, 0.2) is 5.17 Å². The van der Waals surface area contributed by atoms with Gasteiger partial charge in [-0.3, -0.25) is 14.6 Å². The largest absolute Gasteiger partial charge is 0.326 e. The van der Waals surface area contributed by atoms with E-state index in [2.05, 4.69) is 31.6 Å². The molecule has 1 heterocycles. The number of rotatable bonds is 4. The molecule has 0 unspecified atom stereocenters. The zero-order valence-corrected chi connectivity index (χ0v) is 13.3. The number of halogens is 1. The number of carbonyl (C=O) groups is 2. The molecule has 106 valence electrons. The van der Waals surface area contributed by atoms with Crippen molar-refractivity contribution in [2.75, 3.05) is 11.9 Å². The van der Waals surface area contributed by atoms with Crippen molar-refractivity contribution in [2.45, 2.75) is 18.6 Å². The summed E-state index contributed by atoms with van der Waals surface area (Å²) in [6.07, 6.45) is 0.134. The summed E-state index contributed by atoms with van der Waals surface area (Å²) < 4.78 is 0.946. The van der Waals surface area contributed by atoms with E-state index in [0.717, 1.165) is 4.47 Å². The highest BCUT2D eigenvalue weighted by atomic mass is 79.9. The van der Waals surface area contributed by atoms with Gasteiger partial charge >= 0.3 is 0 Å². The monoisotopic (exact) mass is 355 g/mol. The lowest BCUT2D eigenvalue weighted by Gasteiger charge is -2.07. The third kappa shape index (κ3) is 4.08. The Labute approximate surface area is 129 Å². The first-order valence-electron chi connectivity index (χ1n) is 6.16. The van der Waals surface area contributed by atoms with Gasteiger partial charge in [-0.2, -0.15) is 0 Å². The Morgan fingerprint density at radius 2 is 2.15 bits per heavy atom. The molecule has 0 aliphatic carbocycles. The van der Waals surface area contributed by atoms with Crippen LogP contribution in [0, 0.1) is 0 Å². The summed E-state index contributed by atoms with van der Waals surface area (Å²) in [5.74, 6) is -0.342. The number of nitrogens with one attached hydrogen (secondary N) is 2. The SMILES string of the molecule is CCN=C1NC(=O)[C@@H](CC(=O)Nc2ccc(Br)cc2)S1. The van der Waals surface area contributed by atoms with Crippen LogP contribution >= 0.6 is 27.7 Å². The van der Waals surface area contributed by atoms with E-state index in [-0.39, 0.29) is 18.2 Å². The summed E-state index contributed by atoms with van der Waals surface area (Å²) in [5, 5.41) is 5.63. The van der Waals surface area contributed by atoms with Crippen LogP contribution in [0.2, 0.25) is 0 Å². The molecule has 1 aromatic rings. The predicted molar refractivity (Wildman–Crippen MR) is 84.9 cm³/mol. The molecule has 5 nitrogen and oxygen atoms in total. The number of hydrogen-bond acceptors (Lipinski definition) is 4. The maximum absolute atomic E-state index is 11.9. The van der Waals surface area contributed by atoms with Crippen LogP contribution in [-0.4, -0.2) is 28.8 Å². The van der Waals surface area contributed by atoms with Crippen LogP contribution in [0.1, 0.15) is 13.3 Å². The minimum absolute atomic E-state index is 0.134. The van der Waals surface area contributed by atoms with Crippen molar-refractivity contribution in [2.24, 2.45) is 4.99 Å². The van der Waals surface area contributed by atoms with E-state index < -0.39 is 5.25 Å². The van der Waals surface area contributed by atoms with Crippen LogP contribution in [-0.2, 0) is 9.59 Å². The van der Waals surface area contributed by atoms with Crippen molar-refractivity contribution in [1.82, 2.24) is 5.32 Å². The highest BCUT2D eigenvalue weighted by molar-refractivity contribution is 9.10. The highest BCUT2D eigenvalue weighted by Gasteiger charge is 2.31. The summed E-state index contributed by atoms with van der Waals surface area (Å²) in [7, 11) is 0. The molecule has 1 aliphatic heterocycles. The van der Waals surface area contributed by atoms with Crippen LogP contribution in [0.3, 0.4) is 0 Å². The number of anilines is 1. The smallest absolute Gasteiger partial charge is 0.240 e. The van der Waals surface area contributed by atoms with Crippen molar-refractivity contribution in [3.05, 3.63) is 28.7 Å². The molecule has 1 fully saturated rings. The van der Waals surface area contributed by atoms with Crippen molar-refractivity contribution >= 4 is 50.4 Å². The zero-order valence-electron chi connectivity index (χ0n) is 10.9. The molecule has 0 bridgehead atoms. The molecule has 2 rings (SSSR count). The van der Waals surface area contributed by atoms with Gasteiger partial charge in [0.1, 0.15) is 5.25 Å². The van der Waals surface area contributed by atoms with Crippen LogP contribution < -0.4 is 10.6 Å². The Morgan fingerprint density at radius 3 is 2.80 bits per heavy atom. The van der Waals surface area contributed by atoms with Crippen LogP contribution in [0.25, 0.3) is 0 Å². The third-order valence-corrected chi connectivity index (χ3v) is 4.23. The van der Waals surface area contributed by atoms with E-state index in [4.69, 9.17) is 0 Å². The van der Waals surface area contributed by atoms with E-state index >= 15 is 0 Å². The predicted octanol–water partition coefficient (Wildman–Crippen LogP) is 2.39. The Kier molecular flexibility index (Phi) is 5.19. The van der Waals surface area contributed by atoms with Gasteiger partial charge in [0, 0.05) is 23.1 Å². The van der Waals surface area contributed by atoms with Gasteiger partial charge in [-0.25, -0.2) is 0 Å². The number of nitrogens with zero attached hydrogens (tertiary/aromatic N) is 1. The fourth-order valence-corrected chi connectivity index (χ4v) is 2.97. The molecule has 7 heteroatoms. The van der Waals surface area contributed by atoms with Gasteiger partial charge in [-0.05, 0) is 31.2 Å². The third-order valence-electron chi connectivity index (χ3n) is 2.58. The summed E-state index contributed by atoms with van der Waals surface area (Å²) in [5.41, 5.74) is 0.712. The second-order valence-corrected chi connectivity index (χ2v) is 6.24. The van der Waals surface area contributed by atoms with Crippen molar-refractivity contribution in [1.29, 1.82) is 0 Å². The molecule has 0 aromatic heterocycles. The molecular formula is C13H14BrN3O2S. The van der Waals surface area contributed by atoms with E-state index in [1.165, 1.54) is 11.8 Å². The molecule has 20 heavy (non-hydrogen) atoms. The summed E-state index contributed by atoms with van der Waals surface area (Å²) in [4.78, 5) is 27.7. The van der Waals surface area contributed by atoms with Crippen molar-refractivity contribution < 1.29 is 9.59 Å². The van der Waals surface area contributed by atoms with Crippen molar-refractivity contribution in [3.63, 3.8) is 0 Å². The molecule has 1 aromatic carbocycles. The molecule has 2 N–H and O–H groups in total. The van der Waals surface area contributed by atoms with E-state index in [0.29, 0.717) is 17.4 Å². The lowest BCUT2D eigenvalue weighted by molar-refractivity contribution is -0.122. The molecule has 0 saturated carbocycles. The molecular weight excluding hydrogens is 342 g/mol. The second-order valence-electron chi connectivity index (χ2n) is 4.13. The fourth-order valence-electron chi connectivity index (χ4n) is 1.67. The number of amidine groups is 1. The lowest BCUT2D eigenvalue weighted by Crippen LogP contribution is -2.28. The van der Waals surface area contributed by atoms with E-state index in [1.54, 1.807) is 12.1 Å². The molecule has 1 aliphatic rings. The maximum Gasteiger partial charge on any atom is 0.240 e. The summed E-state index contributed by atoms with van der Waals surface area (Å²) >= 11 is 4.64.